The zero-order valence-electron chi connectivity index (χ0n) is 19.2. The van der Waals surface area contributed by atoms with Crippen LogP contribution in [0.1, 0.15) is 47.0 Å². The Morgan fingerprint density at radius 2 is 1.61 bits per heavy atom. The van der Waals surface area contributed by atoms with E-state index in [2.05, 4.69) is 76.2 Å². The predicted molar refractivity (Wildman–Crippen MR) is 129 cm³/mol. The lowest BCUT2D eigenvalue weighted by molar-refractivity contribution is 0.0959. The van der Waals surface area contributed by atoms with Gasteiger partial charge in [-0.2, -0.15) is 0 Å². The highest BCUT2D eigenvalue weighted by Gasteiger charge is 2.50. The first-order chi connectivity index (χ1) is 14.9. The van der Waals surface area contributed by atoms with Crippen molar-refractivity contribution in [2.24, 2.45) is 0 Å². The number of carbonyl (C=O) groups is 1. The summed E-state index contributed by atoms with van der Waals surface area (Å²) in [5.74, 6) is 0. The average Bonchev–Trinajstić information content (AvgIpc) is 3.24. The average molecular weight is 438 g/mol. The highest BCUT2D eigenvalue weighted by Crippen LogP contribution is 2.37. The minimum Gasteiger partial charge on any atom is -0.449 e. The number of ether oxygens (including phenoxy) is 1. The molecule has 2 aromatic carbocycles. The first-order valence-electron chi connectivity index (χ1n) is 11.3. The van der Waals surface area contributed by atoms with Crippen molar-refractivity contribution < 1.29 is 14.0 Å². The van der Waals surface area contributed by atoms with E-state index in [0.717, 1.165) is 19.3 Å². The second-order valence-electron chi connectivity index (χ2n) is 9.12. The lowest BCUT2D eigenvalue weighted by Crippen LogP contribution is -2.67. The molecule has 1 amide bonds. The summed E-state index contributed by atoms with van der Waals surface area (Å²) in [6, 6.07) is 21.2. The standard InChI is InChI=1S/C26H35NO3Si/c1-5-6-20-29-25(28)27-19-13-14-22(27)21-30-31(26(2,3)4,23-15-9-7-10-16-23)24-17-11-8-12-18-24/h7-13,15-19,22H,5-6,14,20-21H2,1-4H3. The van der Waals surface area contributed by atoms with Crippen molar-refractivity contribution >= 4 is 24.8 Å². The molecule has 0 bridgehead atoms. The van der Waals surface area contributed by atoms with Crippen LogP contribution in [0.5, 0.6) is 0 Å². The molecule has 166 valence electrons. The van der Waals surface area contributed by atoms with Crippen LogP contribution in [-0.4, -0.2) is 38.6 Å². The fourth-order valence-corrected chi connectivity index (χ4v) is 8.88. The lowest BCUT2D eigenvalue weighted by atomic mass is 10.2. The Balaban J connectivity index is 1.89. The monoisotopic (exact) mass is 437 g/mol. The van der Waals surface area contributed by atoms with Crippen LogP contribution >= 0.6 is 0 Å². The van der Waals surface area contributed by atoms with Gasteiger partial charge in [-0.3, -0.25) is 4.90 Å². The Bertz CT molecular complexity index is 822. The largest absolute Gasteiger partial charge is 0.449 e. The van der Waals surface area contributed by atoms with Gasteiger partial charge in [-0.25, -0.2) is 4.79 Å². The van der Waals surface area contributed by atoms with Gasteiger partial charge in [-0.15, -0.1) is 0 Å². The van der Waals surface area contributed by atoms with Gasteiger partial charge in [-0.05, 0) is 28.3 Å². The molecule has 1 heterocycles. The molecule has 0 saturated heterocycles. The Kier molecular flexibility index (Phi) is 7.73. The first-order valence-corrected chi connectivity index (χ1v) is 13.2. The quantitative estimate of drug-likeness (QED) is 0.427. The summed E-state index contributed by atoms with van der Waals surface area (Å²) in [7, 11) is -2.62. The van der Waals surface area contributed by atoms with Crippen LogP contribution < -0.4 is 10.4 Å². The SMILES string of the molecule is CCCCOC(=O)N1C=CCC1CO[Si](c1ccccc1)(c1ccccc1)C(C)(C)C. The van der Waals surface area contributed by atoms with Gasteiger partial charge in [0.25, 0.3) is 8.32 Å². The van der Waals surface area contributed by atoms with Crippen LogP contribution in [0.3, 0.4) is 0 Å². The Hall–Kier alpha value is -2.37. The van der Waals surface area contributed by atoms with Crippen molar-refractivity contribution in [3.05, 3.63) is 72.9 Å². The summed E-state index contributed by atoms with van der Waals surface area (Å²) in [5.41, 5.74) is 0. The predicted octanol–water partition coefficient (Wildman–Crippen LogP) is 5.09. The summed E-state index contributed by atoms with van der Waals surface area (Å²) in [4.78, 5) is 14.3. The molecule has 0 fully saturated rings. The Labute approximate surface area is 188 Å². The Morgan fingerprint density at radius 1 is 1.03 bits per heavy atom. The summed E-state index contributed by atoms with van der Waals surface area (Å²) in [5, 5.41) is 2.40. The number of nitrogens with zero attached hydrogens (tertiary/aromatic N) is 1. The molecule has 1 aliphatic heterocycles. The molecule has 0 spiro atoms. The molecule has 0 aliphatic carbocycles. The summed E-state index contributed by atoms with van der Waals surface area (Å²) in [6.45, 7) is 9.82. The second-order valence-corrected chi connectivity index (χ2v) is 13.4. The molecule has 4 nitrogen and oxygen atoms in total. The molecule has 0 saturated carbocycles. The van der Waals surface area contributed by atoms with Crippen molar-refractivity contribution in [3.8, 4) is 0 Å². The van der Waals surface area contributed by atoms with Gasteiger partial charge in [0.05, 0.1) is 19.3 Å². The van der Waals surface area contributed by atoms with Crippen LogP contribution in [-0.2, 0) is 9.16 Å². The number of hydrogen-bond donors (Lipinski definition) is 0. The summed E-state index contributed by atoms with van der Waals surface area (Å²) >= 11 is 0. The summed E-state index contributed by atoms with van der Waals surface area (Å²) < 4.78 is 12.5. The van der Waals surface area contributed by atoms with E-state index in [-0.39, 0.29) is 17.2 Å². The highest BCUT2D eigenvalue weighted by molar-refractivity contribution is 6.99. The Morgan fingerprint density at radius 3 is 2.13 bits per heavy atom. The van der Waals surface area contributed by atoms with E-state index in [1.54, 1.807) is 4.90 Å². The maximum atomic E-state index is 12.6. The number of unbranched alkanes of at least 4 members (excludes halogenated alkanes) is 1. The molecule has 2 aromatic rings. The van der Waals surface area contributed by atoms with E-state index in [0.29, 0.717) is 13.2 Å². The van der Waals surface area contributed by atoms with Crippen molar-refractivity contribution in [3.63, 3.8) is 0 Å². The molecule has 3 rings (SSSR count). The maximum Gasteiger partial charge on any atom is 0.414 e. The zero-order valence-corrected chi connectivity index (χ0v) is 20.2. The zero-order chi connectivity index (χ0) is 22.3. The number of rotatable bonds is 8. The first kappa shape index (κ1) is 23.3. The topological polar surface area (TPSA) is 38.8 Å². The van der Waals surface area contributed by atoms with Gasteiger partial charge in [0.15, 0.2) is 0 Å². The molecular weight excluding hydrogens is 402 g/mol. The number of benzene rings is 2. The van der Waals surface area contributed by atoms with Gasteiger partial charge < -0.3 is 9.16 Å². The molecule has 1 aliphatic rings. The smallest absolute Gasteiger partial charge is 0.414 e. The number of hydrogen-bond acceptors (Lipinski definition) is 3. The van der Waals surface area contributed by atoms with Crippen LogP contribution in [0.4, 0.5) is 4.79 Å². The van der Waals surface area contributed by atoms with E-state index in [4.69, 9.17) is 9.16 Å². The third kappa shape index (κ3) is 5.10. The van der Waals surface area contributed by atoms with Crippen molar-refractivity contribution in [2.45, 2.75) is 58.0 Å². The lowest BCUT2D eigenvalue weighted by Gasteiger charge is -2.44. The van der Waals surface area contributed by atoms with Crippen molar-refractivity contribution in [1.82, 2.24) is 4.90 Å². The van der Waals surface area contributed by atoms with Crippen molar-refractivity contribution in [2.75, 3.05) is 13.2 Å². The normalized spacial score (nSPS) is 16.5. The van der Waals surface area contributed by atoms with Crippen LogP contribution in [0.15, 0.2) is 72.9 Å². The third-order valence-electron chi connectivity index (χ3n) is 5.91. The van der Waals surface area contributed by atoms with E-state index >= 15 is 0 Å². The minimum absolute atomic E-state index is 0.0456. The highest BCUT2D eigenvalue weighted by atomic mass is 28.4. The van der Waals surface area contributed by atoms with E-state index < -0.39 is 8.32 Å². The minimum atomic E-state index is -2.62. The molecule has 0 N–H and O–H groups in total. The maximum absolute atomic E-state index is 12.6. The van der Waals surface area contributed by atoms with Crippen LogP contribution in [0.25, 0.3) is 0 Å². The number of carbonyl (C=O) groups excluding carboxylic acids is 1. The van der Waals surface area contributed by atoms with Gasteiger partial charge in [0, 0.05) is 6.20 Å². The molecule has 1 unspecified atom stereocenters. The fourth-order valence-electron chi connectivity index (χ4n) is 4.29. The molecule has 0 radical (unpaired) electrons. The molecule has 0 aromatic heterocycles. The van der Waals surface area contributed by atoms with Crippen LogP contribution in [0, 0.1) is 0 Å². The third-order valence-corrected chi connectivity index (χ3v) is 10.9. The molecule has 31 heavy (non-hydrogen) atoms. The van der Waals surface area contributed by atoms with E-state index in [9.17, 15) is 4.79 Å². The molecule has 1 atom stereocenters. The van der Waals surface area contributed by atoms with Crippen LogP contribution in [0.2, 0.25) is 5.04 Å². The van der Waals surface area contributed by atoms with Gasteiger partial charge >= 0.3 is 6.09 Å². The molecular formula is C26H35NO3Si. The van der Waals surface area contributed by atoms with Gasteiger partial charge in [0.2, 0.25) is 0 Å². The second kappa shape index (κ2) is 10.3. The van der Waals surface area contributed by atoms with Crippen molar-refractivity contribution in [1.29, 1.82) is 0 Å². The number of amides is 1. The van der Waals surface area contributed by atoms with E-state index in [1.165, 1.54) is 10.4 Å². The van der Waals surface area contributed by atoms with Gasteiger partial charge in [0.1, 0.15) is 0 Å². The van der Waals surface area contributed by atoms with E-state index in [1.807, 2.05) is 24.4 Å². The van der Waals surface area contributed by atoms with Gasteiger partial charge in [-0.1, -0.05) is 101 Å². The summed E-state index contributed by atoms with van der Waals surface area (Å²) in [6.07, 6.45) is 6.25. The fraction of sp³-hybridized carbons (Fsp3) is 0.423. The molecule has 5 heteroatoms.